The first-order valence-corrected chi connectivity index (χ1v) is 7.12. The molecular weight excluding hydrogens is 276 g/mol. The van der Waals surface area contributed by atoms with Crippen molar-refractivity contribution in [3.8, 4) is 0 Å². The highest BCUT2D eigenvalue weighted by Gasteiger charge is 2.58. The Morgan fingerprint density at radius 3 is 3.15 bits per heavy atom. The Kier molecular flexibility index (Phi) is 2.25. The van der Waals surface area contributed by atoms with Gasteiger partial charge in [-0.15, -0.1) is 5.10 Å². The number of nitrogens with one attached hydrogen (secondary N) is 3. The molecule has 1 saturated heterocycles. The van der Waals surface area contributed by atoms with Gasteiger partial charge in [0, 0.05) is 17.8 Å². The second-order valence-electron chi connectivity index (χ2n) is 4.55. The fraction of sp³-hybridized carbons (Fsp3) is 0.250. The molecule has 0 aliphatic carbocycles. The zero-order valence-corrected chi connectivity index (χ0v) is 11.5. The summed E-state index contributed by atoms with van der Waals surface area (Å²) in [6.07, 6.45) is 0. The SMILES string of the molecule is CCN=C1NN2C(=NNC23C(=O)Nc2ccccc23)S1. The highest BCUT2D eigenvalue weighted by Crippen LogP contribution is 2.43. The van der Waals surface area contributed by atoms with Gasteiger partial charge in [-0.3, -0.25) is 20.6 Å². The smallest absolute Gasteiger partial charge is 0.279 e. The molecule has 1 atom stereocenters. The van der Waals surface area contributed by atoms with Crippen molar-refractivity contribution >= 4 is 33.7 Å². The summed E-state index contributed by atoms with van der Waals surface area (Å²) < 4.78 is 0. The van der Waals surface area contributed by atoms with E-state index in [0.717, 1.165) is 16.4 Å². The number of anilines is 1. The standard InChI is InChI=1S/C12H12N6OS/c1-2-13-10-16-18-11(20-10)15-17-12(18)7-5-3-4-6-8(7)14-9(12)19/h3-6,17H,2H2,1H3,(H,13,16)(H,14,19). The lowest BCUT2D eigenvalue weighted by atomic mass is 10.0. The average molecular weight is 288 g/mol. The van der Waals surface area contributed by atoms with Crippen LogP contribution in [0.15, 0.2) is 34.4 Å². The van der Waals surface area contributed by atoms with Crippen molar-refractivity contribution in [2.45, 2.75) is 12.6 Å². The molecule has 3 heterocycles. The monoisotopic (exact) mass is 288 g/mol. The van der Waals surface area contributed by atoms with Gasteiger partial charge in [0.2, 0.25) is 5.17 Å². The van der Waals surface area contributed by atoms with Gasteiger partial charge in [0.25, 0.3) is 11.6 Å². The minimum Gasteiger partial charge on any atom is -0.322 e. The number of thioether (sulfide) groups is 1. The number of hydrazone groups is 1. The number of amidine groups is 2. The molecule has 1 aromatic rings. The Morgan fingerprint density at radius 1 is 1.45 bits per heavy atom. The van der Waals surface area contributed by atoms with E-state index in [0.29, 0.717) is 11.7 Å². The maximum atomic E-state index is 12.5. The topological polar surface area (TPSA) is 81.1 Å². The van der Waals surface area contributed by atoms with Crippen LogP contribution in [0, 0.1) is 0 Å². The van der Waals surface area contributed by atoms with Crippen LogP contribution < -0.4 is 16.2 Å². The molecule has 1 unspecified atom stereocenters. The normalized spacial score (nSPS) is 28.1. The Balaban J connectivity index is 1.81. The number of aliphatic imine (C=N–C) groups is 1. The van der Waals surface area contributed by atoms with Gasteiger partial charge >= 0.3 is 0 Å². The largest absolute Gasteiger partial charge is 0.322 e. The van der Waals surface area contributed by atoms with Crippen molar-refractivity contribution < 1.29 is 4.79 Å². The van der Waals surface area contributed by atoms with E-state index in [2.05, 4.69) is 26.3 Å². The molecule has 1 fully saturated rings. The third-order valence-corrected chi connectivity index (χ3v) is 4.30. The second-order valence-corrected chi connectivity index (χ2v) is 5.50. The molecule has 3 N–H and O–H groups in total. The van der Waals surface area contributed by atoms with Crippen molar-refractivity contribution in [3.05, 3.63) is 29.8 Å². The van der Waals surface area contributed by atoms with Gasteiger partial charge in [-0.25, -0.2) is 5.01 Å². The Hall–Kier alpha value is -2.22. The Bertz CT molecular complexity index is 672. The quantitative estimate of drug-likeness (QED) is 0.705. The predicted molar refractivity (Wildman–Crippen MR) is 77.9 cm³/mol. The number of para-hydroxylation sites is 1. The molecule has 4 rings (SSSR count). The Labute approximate surface area is 119 Å². The van der Waals surface area contributed by atoms with Crippen molar-refractivity contribution in [2.75, 3.05) is 11.9 Å². The third-order valence-electron chi connectivity index (χ3n) is 3.43. The molecule has 20 heavy (non-hydrogen) atoms. The van der Waals surface area contributed by atoms with Crippen LogP contribution in [0.3, 0.4) is 0 Å². The van der Waals surface area contributed by atoms with Crippen LogP contribution >= 0.6 is 11.8 Å². The molecule has 0 bridgehead atoms. The number of carbonyl (C=O) groups is 1. The maximum absolute atomic E-state index is 12.5. The summed E-state index contributed by atoms with van der Waals surface area (Å²) >= 11 is 1.42. The van der Waals surface area contributed by atoms with E-state index < -0.39 is 5.66 Å². The zero-order chi connectivity index (χ0) is 13.7. The minimum absolute atomic E-state index is 0.150. The molecule has 1 spiro atoms. The van der Waals surface area contributed by atoms with E-state index in [1.165, 1.54) is 11.8 Å². The fourth-order valence-corrected chi connectivity index (χ4v) is 3.43. The van der Waals surface area contributed by atoms with Crippen molar-refractivity contribution in [1.29, 1.82) is 0 Å². The summed E-state index contributed by atoms with van der Waals surface area (Å²) in [7, 11) is 0. The molecule has 0 aromatic heterocycles. The van der Waals surface area contributed by atoms with Gasteiger partial charge < -0.3 is 5.32 Å². The molecule has 3 aliphatic rings. The molecule has 1 amide bonds. The van der Waals surface area contributed by atoms with Crippen LogP contribution in [0.4, 0.5) is 5.69 Å². The second kappa shape index (κ2) is 3.89. The molecule has 3 aliphatic heterocycles. The van der Waals surface area contributed by atoms with Gasteiger partial charge in [0.05, 0.1) is 0 Å². The first-order valence-electron chi connectivity index (χ1n) is 6.30. The summed E-state index contributed by atoms with van der Waals surface area (Å²) in [5, 5.41) is 10.3. The number of nitrogens with zero attached hydrogens (tertiary/aromatic N) is 3. The lowest BCUT2D eigenvalue weighted by Crippen LogP contribution is -2.58. The van der Waals surface area contributed by atoms with Crippen LogP contribution in [0.25, 0.3) is 0 Å². The van der Waals surface area contributed by atoms with Crippen LogP contribution in [0.1, 0.15) is 12.5 Å². The summed E-state index contributed by atoms with van der Waals surface area (Å²) in [6, 6.07) is 7.60. The number of hydrazine groups is 1. The van der Waals surface area contributed by atoms with E-state index in [4.69, 9.17) is 0 Å². The summed E-state index contributed by atoms with van der Waals surface area (Å²) in [4.78, 5) is 16.8. The van der Waals surface area contributed by atoms with Crippen LogP contribution in [-0.4, -0.2) is 27.8 Å². The number of fused-ring (bicyclic) bond motifs is 4. The van der Waals surface area contributed by atoms with Gasteiger partial charge in [0.15, 0.2) is 5.17 Å². The minimum atomic E-state index is -1.02. The van der Waals surface area contributed by atoms with E-state index in [9.17, 15) is 4.79 Å². The number of rotatable bonds is 1. The van der Waals surface area contributed by atoms with Crippen LogP contribution in [-0.2, 0) is 10.5 Å². The number of amides is 1. The lowest BCUT2D eigenvalue weighted by Gasteiger charge is -2.30. The van der Waals surface area contributed by atoms with Gasteiger partial charge in [-0.2, -0.15) is 0 Å². The Morgan fingerprint density at radius 2 is 2.30 bits per heavy atom. The maximum Gasteiger partial charge on any atom is 0.279 e. The molecular formula is C12H12N6OS. The zero-order valence-electron chi connectivity index (χ0n) is 10.7. The van der Waals surface area contributed by atoms with E-state index in [1.54, 1.807) is 5.01 Å². The van der Waals surface area contributed by atoms with Crippen molar-refractivity contribution in [2.24, 2.45) is 10.1 Å². The lowest BCUT2D eigenvalue weighted by molar-refractivity contribution is -0.127. The molecule has 0 radical (unpaired) electrons. The average Bonchev–Trinajstić information content (AvgIpc) is 3.06. The van der Waals surface area contributed by atoms with E-state index in [-0.39, 0.29) is 5.91 Å². The highest BCUT2D eigenvalue weighted by atomic mass is 32.2. The van der Waals surface area contributed by atoms with Gasteiger partial charge in [0.1, 0.15) is 0 Å². The number of hydrogen-bond donors (Lipinski definition) is 3. The summed E-state index contributed by atoms with van der Waals surface area (Å²) in [5.74, 6) is -0.150. The van der Waals surface area contributed by atoms with Crippen molar-refractivity contribution in [3.63, 3.8) is 0 Å². The van der Waals surface area contributed by atoms with Crippen molar-refractivity contribution in [1.82, 2.24) is 15.9 Å². The highest BCUT2D eigenvalue weighted by molar-refractivity contribution is 8.26. The molecule has 1 aromatic carbocycles. The predicted octanol–water partition coefficient (Wildman–Crippen LogP) is 0.595. The molecule has 8 heteroatoms. The molecule has 102 valence electrons. The number of benzene rings is 1. The van der Waals surface area contributed by atoms with Crippen LogP contribution in [0.2, 0.25) is 0 Å². The van der Waals surface area contributed by atoms with E-state index in [1.807, 2.05) is 31.2 Å². The first kappa shape index (κ1) is 11.6. The summed E-state index contributed by atoms with van der Waals surface area (Å²) in [5.41, 5.74) is 6.75. The van der Waals surface area contributed by atoms with Gasteiger partial charge in [-0.05, 0) is 24.8 Å². The fourth-order valence-electron chi connectivity index (χ4n) is 2.56. The number of carbonyl (C=O) groups excluding carboxylic acids is 1. The third kappa shape index (κ3) is 1.29. The van der Waals surface area contributed by atoms with Gasteiger partial charge in [-0.1, -0.05) is 18.2 Å². The summed E-state index contributed by atoms with van der Waals surface area (Å²) in [6.45, 7) is 2.64. The number of hydrogen-bond acceptors (Lipinski definition) is 6. The first-order chi connectivity index (χ1) is 9.75. The molecule has 0 saturated carbocycles. The molecule has 7 nitrogen and oxygen atoms in total. The van der Waals surface area contributed by atoms with E-state index >= 15 is 0 Å². The van der Waals surface area contributed by atoms with Crippen LogP contribution in [0.5, 0.6) is 0 Å².